The molecule has 0 bridgehead atoms. The van der Waals surface area contributed by atoms with Crippen molar-refractivity contribution < 1.29 is 8.95 Å². The largest absolute Gasteiger partial charge is 0.491 e. The third-order valence-corrected chi connectivity index (χ3v) is 3.42. The van der Waals surface area contributed by atoms with Gasteiger partial charge in [0.25, 0.3) is 0 Å². The van der Waals surface area contributed by atoms with Crippen LogP contribution in [0.5, 0.6) is 5.75 Å². The van der Waals surface area contributed by atoms with E-state index in [0.29, 0.717) is 0 Å². The normalized spacial score (nSPS) is 14.1. The molecule has 0 amide bonds. The Hall–Kier alpha value is -1.16. The molecular weight excluding hydrogens is 246 g/mol. The average Bonchev–Trinajstić information content (AvgIpc) is 2.25. The third kappa shape index (κ3) is 5.00. The van der Waals surface area contributed by atoms with Crippen molar-refractivity contribution in [3.8, 4) is 5.75 Å². The first-order valence-corrected chi connectivity index (χ1v) is 7.12. The van der Waals surface area contributed by atoms with Gasteiger partial charge in [-0.05, 0) is 64.4 Å². The Balaban J connectivity index is 2.69. The van der Waals surface area contributed by atoms with E-state index < -0.39 is 11.0 Å². The molecule has 0 fully saturated rings. The molecule has 0 saturated carbocycles. The quantitative estimate of drug-likeness (QED) is 0.785. The maximum atomic E-state index is 11.7. The lowest BCUT2D eigenvalue weighted by Crippen LogP contribution is -2.19. The first-order valence-electron chi connectivity index (χ1n) is 6.02. The van der Waals surface area contributed by atoms with Gasteiger partial charge in [0.15, 0.2) is 0 Å². The molecule has 0 radical (unpaired) electrons. The van der Waals surface area contributed by atoms with Crippen LogP contribution in [0.15, 0.2) is 28.7 Å². The predicted molar refractivity (Wildman–Crippen MR) is 77.7 cm³/mol. The van der Waals surface area contributed by atoms with Gasteiger partial charge < -0.3 is 4.74 Å². The molecule has 0 aliphatic heterocycles. The molecule has 4 heteroatoms. The van der Waals surface area contributed by atoms with E-state index in [2.05, 4.69) is 4.40 Å². The number of nitrogens with zero attached hydrogens (tertiary/aromatic N) is 1. The van der Waals surface area contributed by atoms with E-state index in [4.69, 9.17) is 4.74 Å². The van der Waals surface area contributed by atoms with E-state index in [1.165, 1.54) is 0 Å². The highest BCUT2D eigenvalue weighted by atomic mass is 32.2. The third-order valence-electron chi connectivity index (χ3n) is 2.07. The lowest BCUT2D eigenvalue weighted by Gasteiger charge is -2.12. The molecule has 0 N–H and O–H groups in total. The van der Waals surface area contributed by atoms with Crippen molar-refractivity contribution in [1.29, 1.82) is 0 Å². The maximum absolute atomic E-state index is 11.7. The second-order valence-electron chi connectivity index (χ2n) is 5.33. The van der Waals surface area contributed by atoms with Crippen molar-refractivity contribution in [2.45, 2.75) is 45.5 Å². The summed E-state index contributed by atoms with van der Waals surface area (Å²) in [5.74, 6) is 0.832. The minimum Gasteiger partial charge on any atom is -0.491 e. The minimum atomic E-state index is -1.21. The predicted octanol–water partition coefficient (Wildman–Crippen LogP) is 3.35. The maximum Gasteiger partial charge on any atom is 0.144 e. The number of hydrogen-bond acceptors (Lipinski definition) is 2. The van der Waals surface area contributed by atoms with Crippen LogP contribution in [0.3, 0.4) is 0 Å². The number of hydrogen-bond donors (Lipinski definition) is 0. The van der Waals surface area contributed by atoms with Crippen molar-refractivity contribution in [1.82, 2.24) is 0 Å². The van der Waals surface area contributed by atoms with Crippen LogP contribution < -0.4 is 4.74 Å². The van der Waals surface area contributed by atoms with Gasteiger partial charge in [-0.3, -0.25) is 0 Å². The zero-order valence-electron chi connectivity index (χ0n) is 11.6. The first-order chi connectivity index (χ1) is 8.29. The summed E-state index contributed by atoms with van der Waals surface area (Å²) >= 11 is 0. The van der Waals surface area contributed by atoms with Crippen LogP contribution in [0, 0.1) is 0 Å². The molecule has 1 aromatic rings. The van der Waals surface area contributed by atoms with Crippen LogP contribution in [-0.2, 0) is 11.0 Å². The summed E-state index contributed by atoms with van der Waals surface area (Å²) in [4.78, 5) is 0. The van der Waals surface area contributed by atoms with Crippen molar-refractivity contribution >= 4 is 17.2 Å². The molecular formula is C14H21NO2S. The monoisotopic (exact) mass is 267 g/mol. The number of ether oxygens (including phenoxy) is 1. The van der Waals surface area contributed by atoms with Crippen molar-refractivity contribution in [3.05, 3.63) is 29.8 Å². The molecule has 1 rings (SSSR count). The summed E-state index contributed by atoms with van der Waals surface area (Å²) in [5, 5.41) is 0. The molecule has 100 valence electrons. The van der Waals surface area contributed by atoms with Gasteiger partial charge in [0.05, 0.1) is 10.9 Å². The Morgan fingerprint density at radius 3 is 2.22 bits per heavy atom. The van der Waals surface area contributed by atoms with E-state index in [9.17, 15) is 4.21 Å². The molecule has 0 aliphatic carbocycles. The standard InChI is InChI=1S/C14H21NO2S/c1-11(2)17-13-8-6-12(7-9-13)10-15-18(16)14(3,4)5/h6-11H,1-5H3/t18-/m0/s1. The summed E-state index contributed by atoms with van der Waals surface area (Å²) in [6.45, 7) is 9.68. The number of rotatable bonds is 4. The van der Waals surface area contributed by atoms with Crippen LogP contribution >= 0.6 is 0 Å². The van der Waals surface area contributed by atoms with Gasteiger partial charge in [0.1, 0.15) is 16.7 Å². The van der Waals surface area contributed by atoms with Crippen LogP contribution in [0.1, 0.15) is 40.2 Å². The molecule has 18 heavy (non-hydrogen) atoms. The molecule has 3 nitrogen and oxygen atoms in total. The summed E-state index contributed by atoms with van der Waals surface area (Å²) in [7, 11) is -1.21. The van der Waals surface area contributed by atoms with Gasteiger partial charge in [-0.1, -0.05) is 0 Å². The van der Waals surface area contributed by atoms with Crippen molar-refractivity contribution in [3.63, 3.8) is 0 Å². The molecule has 1 aromatic carbocycles. The lowest BCUT2D eigenvalue weighted by molar-refractivity contribution is 0.242. The zero-order chi connectivity index (χ0) is 13.8. The average molecular weight is 267 g/mol. The van der Waals surface area contributed by atoms with Crippen LogP contribution in [0.2, 0.25) is 0 Å². The van der Waals surface area contributed by atoms with E-state index >= 15 is 0 Å². The summed E-state index contributed by atoms with van der Waals surface area (Å²) < 4.78 is 21.0. The zero-order valence-corrected chi connectivity index (χ0v) is 12.5. The highest BCUT2D eigenvalue weighted by Gasteiger charge is 2.17. The lowest BCUT2D eigenvalue weighted by atomic mass is 10.2. The topological polar surface area (TPSA) is 38.7 Å². The van der Waals surface area contributed by atoms with Gasteiger partial charge in [0.2, 0.25) is 0 Å². The van der Waals surface area contributed by atoms with E-state index in [1.54, 1.807) is 6.21 Å². The summed E-state index contributed by atoms with van der Waals surface area (Å²) in [5.41, 5.74) is 0.920. The van der Waals surface area contributed by atoms with Gasteiger partial charge in [-0.2, -0.15) is 4.40 Å². The fourth-order valence-corrected chi connectivity index (χ4v) is 1.71. The van der Waals surface area contributed by atoms with Crippen LogP contribution in [-0.4, -0.2) is 21.3 Å². The van der Waals surface area contributed by atoms with E-state index in [0.717, 1.165) is 11.3 Å². The highest BCUT2D eigenvalue weighted by molar-refractivity contribution is 7.85. The molecule has 1 atom stereocenters. The highest BCUT2D eigenvalue weighted by Crippen LogP contribution is 2.14. The Morgan fingerprint density at radius 2 is 1.78 bits per heavy atom. The fourth-order valence-electron chi connectivity index (χ4n) is 1.17. The van der Waals surface area contributed by atoms with E-state index in [-0.39, 0.29) is 10.9 Å². The smallest absolute Gasteiger partial charge is 0.144 e. The molecule has 0 unspecified atom stereocenters. The molecule has 0 aliphatic rings. The Bertz CT molecular complexity index is 430. The molecule has 0 aromatic heterocycles. The van der Waals surface area contributed by atoms with E-state index in [1.807, 2.05) is 58.9 Å². The van der Waals surface area contributed by atoms with Gasteiger partial charge >= 0.3 is 0 Å². The van der Waals surface area contributed by atoms with Crippen LogP contribution in [0.4, 0.5) is 0 Å². The fraction of sp³-hybridized carbons (Fsp3) is 0.500. The molecule has 0 heterocycles. The summed E-state index contributed by atoms with van der Waals surface area (Å²) in [6.07, 6.45) is 1.80. The van der Waals surface area contributed by atoms with Gasteiger partial charge in [-0.15, -0.1) is 0 Å². The Labute approximate surface area is 112 Å². The van der Waals surface area contributed by atoms with Gasteiger partial charge in [0, 0.05) is 6.21 Å². The summed E-state index contributed by atoms with van der Waals surface area (Å²) in [6, 6.07) is 7.59. The second kappa shape index (κ2) is 6.14. The Morgan fingerprint density at radius 1 is 1.22 bits per heavy atom. The van der Waals surface area contributed by atoms with Crippen molar-refractivity contribution in [2.24, 2.45) is 4.40 Å². The van der Waals surface area contributed by atoms with Crippen LogP contribution in [0.25, 0.3) is 0 Å². The molecule has 0 spiro atoms. The Kier molecular flexibility index (Phi) is 5.08. The first kappa shape index (κ1) is 14.9. The SMILES string of the molecule is CC(C)Oc1ccc(C=N[S@@](=O)C(C)(C)C)cc1. The molecule has 0 saturated heterocycles. The minimum absolute atomic E-state index is 0.165. The second-order valence-corrected chi connectivity index (χ2v) is 7.27. The number of benzene rings is 1. The van der Waals surface area contributed by atoms with Gasteiger partial charge in [-0.25, -0.2) is 4.21 Å². The van der Waals surface area contributed by atoms with Crippen molar-refractivity contribution in [2.75, 3.05) is 0 Å².